The van der Waals surface area contributed by atoms with Crippen LogP contribution in [0.5, 0.6) is 0 Å². The zero-order valence-corrected chi connectivity index (χ0v) is 20.8. The largest absolute Gasteiger partial charge is 0.392 e. The molecule has 0 fully saturated rings. The summed E-state index contributed by atoms with van der Waals surface area (Å²) in [5.41, 5.74) is 2.38. The van der Waals surface area contributed by atoms with Crippen LogP contribution >= 0.6 is 23.2 Å². The Morgan fingerprint density at radius 2 is 1.88 bits per heavy atom. The summed E-state index contributed by atoms with van der Waals surface area (Å²) in [6.45, 7) is 0.839. The third-order valence-electron chi connectivity index (χ3n) is 5.19. The van der Waals surface area contributed by atoms with Gasteiger partial charge in [-0.2, -0.15) is 13.1 Å². The summed E-state index contributed by atoms with van der Waals surface area (Å²) in [7, 11) is -2.29. The summed E-state index contributed by atoms with van der Waals surface area (Å²) in [6, 6.07) is 11.4. The number of aliphatic hydroxyl groups is 1. The van der Waals surface area contributed by atoms with Crippen molar-refractivity contribution in [2.75, 3.05) is 6.54 Å². The molecule has 1 atom stereocenters. The molecule has 0 radical (unpaired) electrons. The van der Waals surface area contributed by atoms with Crippen LogP contribution in [0.25, 0.3) is 10.9 Å². The molecule has 2 amide bonds. The molecule has 0 spiro atoms. The molecule has 4 N–H and O–H groups in total. The molecule has 9 nitrogen and oxygen atoms in total. The van der Waals surface area contributed by atoms with Crippen molar-refractivity contribution in [3.05, 3.63) is 69.3 Å². The van der Waals surface area contributed by atoms with Crippen LogP contribution in [0.15, 0.2) is 42.5 Å². The van der Waals surface area contributed by atoms with Crippen LogP contribution in [0.3, 0.4) is 0 Å². The van der Waals surface area contributed by atoms with Crippen molar-refractivity contribution >= 4 is 56.1 Å². The molecule has 3 rings (SSSR count). The first-order valence-electron chi connectivity index (χ1n) is 10.2. The highest BCUT2D eigenvalue weighted by molar-refractivity contribution is 7.88. The number of carbonyl (C=O) groups excluding carboxylic acids is 2. The molecule has 0 aliphatic carbocycles. The van der Waals surface area contributed by atoms with Crippen molar-refractivity contribution in [1.82, 2.24) is 19.3 Å². The van der Waals surface area contributed by atoms with Gasteiger partial charge in [-0.1, -0.05) is 47.5 Å². The molecule has 0 saturated carbocycles. The van der Waals surface area contributed by atoms with Crippen LogP contribution in [0.4, 0.5) is 0 Å². The van der Waals surface area contributed by atoms with Crippen LogP contribution in [-0.4, -0.2) is 36.5 Å². The molecule has 182 valence electrons. The van der Waals surface area contributed by atoms with Crippen LogP contribution in [0, 0.1) is 0 Å². The van der Waals surface area contributed by atoms with E-state index in [9.17, 15) is 23.1 Å². The van der Waals surface area contributed by atoms with Crippen LogP contribution in [0.1, 0.15) is 41.0 Å². The molecule has 34 heavy (non-hydrogen) atoms. The summed E-state index contributed by atoms with van der Waals surface area (Å²) in [5.74, 6) is -1.13. The molecule has 0 aliphatic heterocycles. The van der Waals surface area contributed by atoms with Gasteiger partial charge in [-0.05, 0) is 35.7 Å². The SMILES string of the molecule is CC(=O)NS(=O)(=O)NCCC(NC(=O)c1cc2c(Cl)c(Cl)ccc2n1C)c1cccc(CO)c1. The van der Waals surface area contributed by atoms with E-state index in [-0.39, 0.29) is 19.6 Å². The third kappa shape index (κ3) is 6.08. The normalized spacial score (nSPS) is 12.5. The fraction of sp³-hybridized carbons (Fsp3) is 0.273. The number of amides is 2. The Labute approximate surface area is 207 Å². The van der Waals surface area contributed by atoms with Crippen LogP contribution in [-0.2, 0) is 28.7 Å². The number of hydrogen-bond donors (Lipinski definition) is 4. The van der Waals surface area contributed by atoms with Crippen LogP contribution in [0.2, 0.25) is 10.0 Å². The standard InChI is InChI=1S/C22H24Cl2N4O5S/c1-13(30)27-34(32,33)25-9-8-18(15-5-3-4-14(10-15)12-29)26-22(31)20-11-16-19(28(20)2)7-6-17(23)21(16)24/h3-7,10-11,18,25,29H,8-9,12H2,1-2H3,(H,26,31)(H,27,30). The highest BCUT2D eigenvalue weighted by Gasteiger charge is 2.21. The lowest BCUT2D eigenvalue weighted by Crippen LogP contribution is -2.40. The molecule has 0 saturated heterocycles. The second-order valence-corrected chi connectivity index (χ2v) is 9.94. The van der Waals surface area contributed by atoms with Crippen molar-refractivity contribution in [3.8, 4) is 0 Å². The quantitative estimate of drug-likeness (QED) is 0.340. The van der Waals surface area contributed by atoms with Gasteiger partial charge in [0, 0.05) is 31.4 Å². The maximum atomic E-state index is 13.2. The lowest BCUT2D eigenvalue weighted by atomic mass is 10.0. The summed E-state index contributed by atoms with van der Waals surface area (Å²) in [5, 5.41) is 13.8. The van der Waals surface area contributed by atoms with E-state index in [1.54, 1.807) is 54.1 Å². The molecule has 0 bridgehead atoms. The molecule has 1 aromatic heterocycles. The number of fused-ring (bicyclic) bond motifs is 1. The number of nitrogens with one attached hydrogen (secondary N) is 3. The summed E-state index contributed by atoms with van der Waals surface area (Å²) in [4.78, 5) is 24.3. The first-order valence-corrected chi connectivity index (χ1v) is 12.5. The van der Waals surface area contributed by atoms with Gasteiger partial charge in [-0.3, -0.25) is 9.59 Å². The van der Waals surface area contributed by atoms with Crippen molar-refractivity contribution in [2.45, 2.75) is 26.0 Å². The Balaban J connectivity index is 1.87. The summed E-state index contributed by atoms with van der Waals surface area (Å²) < 4.78 is 29.6. The monoisotopic (exact) mass is 526 g/mol. The van der Waals surface area contributed by atoms with E-state index >= 15 is 0 Å². The van der Waals surface area contributed by atoms with Gasteiger partial charge in [0.2, 0.25) is 5.91 Å². The van der Waals surface area contributed by atoms with Gasteiger partial charge in [0.1, 0.15) is 5.69 Å². The minimum absolute atomic E-state index is 0.0620. The van der Waals surface area contributed by atoms with E-state index in [1.165, 1.54) is 0 Å². The second-order valence-electron chi connectivity index (χ2n) is 7.66. The first-order chi connectivity index (χ1) is 16.0. The number of aliphatic hydroxyl groups excluding tert-OH is 1. The Kier molecular flexibility index (Phi) is 8.21. The Hall–Kier alpha value is -2.63. The maximum Gasteiger partial charge on any atom is 0.301 e. The van der Waals surface area contributed by atoms with E-state index in [1.807, 2.05) is 4.72 Å². The minimum atomic E-state index is -4.02. The van der Waals surface area contributed by atoms with Crippen molar-refractivity contribution in [3.63, 3.8) is 0 Å². The van der Waals surface area contributed by atoms with E-state index in [0.29, 0.717) is 32.3 Å². The molecule has 1 unspecified atom stereocenters. The second kappa shape index (κ2) is 10.7. The fourth-order valence-corrected chi connectivity index (χ4v) is 4.81. The van der Waals surface area contributed by atoms with E-state index in [2.05, 4.69) is 10.0 Å². The molecular weight excluding hydrogens is 503 g/mol. The Morgan fingerprint density at radius 3 is 2.56 bits per heavy atom. The number of rotatable bonds is 9. The number of aryl methyl sites for hydroxylation is 1. The van der Waals surface area contributed by atoms with Crippen molar-refractivity contribution < 1.29 is 23.1 Å². The van der Waals surface area contributed by atoms with Gasteiger partial charge in [-0.15, -0.1) is 0 Å². The van der Waals surface area contributed by atoms with Gasteiger partial charge in [-0.25, -0.2) is 4.72 Å². The Bertz CT molecular complexity index is 1340. The molecule has 1 heterocycles. The van der Waals surface area contributed by atoms with Crippen molar-refractivity contribution in [2.24, 2.45) is 7.05 Å². The molecule has 12 heteroatoms. The minimum Gasteiger partial charge on any atom is -0.392 e. The zero-order valence-electron chi connectivity index (χ0n) is 18.4. The zero-order chi connectivity index (χ0) is 25.0. The number of aromatic nitrogens is 1. The van der Waals surface area contributed by atoms with Gasteiger partial charge in [0.25, 0.3) is 5.91 Å². The van der Waals surface area contributed by atoms with Crippen molar-refractivity contribution in [1.29, 1.82) is 0 Å². The van der Waals surface area contributed by atoms with Gasteiger partial charge in [0.05, 0.1) is 22.7 Å². The lowest BCUT2D eigenvalue weighted by Gasteiger charge is -2.20. The van der Waals surface area contributed by atoms with Gasteiger partial charge < -0.3 is 15.0 Å². The fourth-order valence-electron chi connectivity index (χ4n) is 3.59. The van der Waals surface area contributed by atoms with Gasteiger partial charge in [0.15, 0.2) is 0 Å². The van der Waals surface area contributed by atoms with E-state index in [4.69, 9.17) is 23.2 Å². The highest BCUT2D eigenvalue weighted by Crippen LogP contribution is 2.32. The predicted octanol–water partition coefficient (Wildman–Crippen LogP) is 2.81. The number of halogens is 2. The number of carbonyl (C=O) groups is 2. The summed E-state index contributed by atoms with van der Waals surface area (Å²) in [6.07, 6.45) is 0.177. The molecule has 3 aromatic rings. The molecule has 2 aromatic carbocycles. The van der Waals surface area contributed by atoms with E-state index < -0.39 is 28.1 Å². The first kappa shape index (κ1) is 26.0. The average Bonchev–Trinajstić information content (AvgIpc) is 3.11. The lowest BCUT2D eigenvalue weighted by molar-refractivity contribution is -0.117. The van der Waals surface area contributed by atoms with Crippen LogP contribution < -0.4 is 14.8 Å². The number of benzene rings is 2. The smallest absolute Gasteiger partial charge is 0.301 e. The van der Waals surface area contributed by atoms with Gasteiger partial charge >= 0.3 is 10.2 Å². The third-order valence-corrected chi connectivity index (χ3v) is 7.15. The topological polar surface area (TPSA) is 130 Å². The summed E-state index contributed by atoms with van der Waals surface area (Å²) >= 11 is 12.4. The predicted molar refractivity (Wildman–Crippen MR) is 131 cm³/mol. The molecule has 0 aliphatic rings. The van der Waals surface area contributed by atoms with E-state index in [0.717, 1.165) is 12.4 Å². The Morgan fingerprint density at radius 1 is 1.15 bits per heavy atom. The average molecular weight is 527 g/mol. The molecular formula is C22H24Cl2N4O5S. The number of nitrogens with zero attached hydrogens (tertiary/aromatic N) is 1. The highest BCUT2D eigenvalue weighted by atomic mass is 35.5. The maximum absolute atomic E-state index is 13.2. The number of hydrogen-bond acceptors (Lipinski definition) is 5.